The van der Waals surface area contributed by atoms with E-state index in [0.29, 0.717) is 16.8 Å². The lowest BCUT2D eigenvalue weighted by molar-refractivity contribution is -0.385. The Bertz CT molecular complexity index is 729. The number of carbonyl (C=O) groups is 1. The lowest BCUT2D eigenvalue weighted by atomic mass is 10.1. The number of rotatable bonds is 3. The standard InChI is InChI=1S/C15H13FN2O3/c1-9-4-3-5-12(14(9)16)15(19)17-11-6-7-13(18(20)21)10(2)8-11/h3-8H,1-2H3,(H,17,19). The zero-order chi connectivity index (χ0) is 15.6. The van der Waals surface area contributed by atoms with Crippen LogP contribution in [0, 0.1) is 29.8 Å². The Morgan fingerprint density at radius 2 is 1.90 bits per heavy atom. The molecule has 0 saturated carbocycles. The highest BCUT2D eigenvalue weighted by molar-refractivity contribution is 6.04. The van der Waals surface area contributed by atoms with E-state index in [1.807, 2.05) is 0 Å². The van der Waals surface area contributed by atoms with Crippen LogP contribution in [-0.4, -0.2) is 10.8 Å². The van der Waals surface area contributed by atoms with Crippen molar-refractivity contribution >= 4 is 17.3 Å². The molecule has 1 N–H and O–H groups in total. The van der Waals surface area contributed by atoms with Gasteiger partial charge in [-0.05, 0) is 37.6 Å². The number of hydrogen-bond acceptors (Lipinski definition) is 3. The van der Waals surface area contributed by atoms with Crippen molar-refractivity contribution in [1.82, 2.24) is 0 Å². The van der Waals surface area contributed by atoms with Crippen molar-refractivity contribution in [3.8, 4) is 0 Å². The molecule has 21 heavy (non-hydrogen) atoms. The number of halogens is 1. The van der Waals surface area contributed by atoms with Crippen LogP contribution >= 0.6 is 0 Å². The lowest BCUT2D eigenvalue weighted by Gasteiger charge is -2.08. The molecule has 0 aliphatic carbocycles. The molecular formula is C15H13FN2O3. The maximum Gasteiger partial charge on any atom is 0.272 e. The molecule has 0 spiro atoms. The third kappa shape index (κ3) is 3.05. The third-order valence-corrected chi connectivity index (χ3v) is 3.09. The predicted molar refractivity (Wildman–Crippen MR) is 76.9 cm³/mol. The average Bonchev–Trinajstić information content (AvgIpc) is 2.41. The van der Waals surface area contributed by atoms with Gasteiger partial charge < -0.3 is 5.32 Å². The molecular weight excluding hydrogens is 275 g/mol. The molecule has 2 aromatic carbocycles. The van der Waals surface area contributed by atoms with E-state index < -0.39 is 16.6 Å². The molecule has 0 radical (unpaired) electrons. The average molecular weight is 288 g/mol. The van der Waals surface area contributed by atoms with Gasteiger partial charge in [-0.3, -0.25) is 14.9 Å². The second kappa shape index (κ2) is 5.70. The summed E-state index contributed by atoms with van der Waals surface area (Å²) in [5.74, 6) is -1.17. The van der Waals surface area contributed by atoms with Gasteiger partial charge in [-0.15, -0.1) is 0 Å². The van der Waals surface area contributed by atoms with Gasteiger partial charge in [0.15, 0.2) is 0 Å². The lowest BCUT2D eigenvalue weighted by Crippen LogP contribution is -2.14. The molecule has 1 amide bonds. The van der Waals surface area contributed by atoms with E-state index in [1.54, 1.807) is 26.0 Å². The topological polar surface area (TPSA) is 72.2 Å². The molecule has 0 aliphatic rings. The summed E-state index contributed by atoms with van der Waals surface area (Å²) in [5, 5.41) is 13.3. The summed E-state index contributed by atoms with van der Waals surface area (Å²) in [4.78, 5) is 22.3. The fourth-order valence-electron chi connectivity index (χ4n) is 1.96. The van der Waals surface area contributed by atoms with Gasteiger partial charge in [0, 0.05) is 17.3 Å². The van der Waals surface area contributed by atoms with E-state index in [2.05, 4.69) is 5.32 Å². The van der Waals surface area contributed by atoms with Crippen molar-refractivity contribution in [3.63, 3.8) is 0 Å². The Kier molecular flexibility index (Phi) is 3.98. The number of nitrogens with one attached hydrogen (secondary N) is 1. The molecule has 0 saturated heterocycles. The van der Waals surface area contributed by atoms with E-state index in [1.165, 1.54) is 24.3 Å². The molecule has 108 valence electrons. The number of anilines is 1. The van der Waals surface area contributed by atoms with Crippen molar-refractivity contribution in [2.24, 2.45) is 0 Å². The quantitative estimate of drug-likeness (QED) is 0.692. The van der Waals surface area contributed by atoms with Crippen molar-refractivity contribution in [3.05, 3.63) is 69.0 Å². The Morgan fingerprint density at radius 1 is 1.19 bits per heavy atom. The molecule has 0 heterocycles. The number of benzene rings is 2. The van der Waals surface area contributed by atoms with Crippen LogP contribution in [0.5, 0.6) is 0 Å². The van der Waals surface area contributed by atoms with E-state index in [-0.39, 0.29) is 11.3 Å². The monoisotopic (exact) mass is 288 g/mol. The number of nitrogens with zero attached hydrogens (tertiary/aromatic N) is 1. The third-order valence-electron chi connectivity index (χ3n) is 3.09. The van der Waals surface area contributed by atoms with Crippen LogP contribution in [0.2, 0.25) is 0 Å². The molecule has 0 aliphatic heterocycles. The largest absolute Gasteiger partial charge is 0.322 e. The SMILES string of the molecule is Cc1cc(NC(=O)c2cccc(C)c2F)ccc1[N+](=O)[O-]. The first kappa shape index (κ1) is 14.6. The first-order valence-corrected chi connectivity index (χ1v) is 6.21. The van der Waals surface area contributed by atoms with Gasteiger partial charge in [0.1, 0.15) is 5.82 Å². The summed E-state index contributed by atoms with van der Waals surface area (Å²) in [6.45, 7) is 3.14. The molecule has 0 atom stereocenters. The first-order chi connectivity index (χ1) is 9.90. The van der Waals surface area contributed by atoms with Crippen LogP contribution in [-0.2, 0) is 0 Å². The van der Waals surface area contributed by atoms with E-state index in [4.69, 9.17) is 0 Å². The van der Waals surface area contributed by atoms with E-state index >= 15 is 0 Å². The second-order valence-electron chi connectivity index (χ2n) is 4.65. The summed E-state index contributed by atoms with van der Waals surface area (Å²) in [7, 11) is 0. The van der Waals surface area contributed by atoms with Gasteiger partial charge in [-0.25, -0.2) is 4.39 Å². The first-order valence-electron chi connectivity index (χ1n) is 6.21. The smallest absolute Gasteiger partial charge is 0.272 e. The van der Waals surface area contributed by atoms with E-state index in [9.17, 15) is 19.3 Å². The molecule has 0 aromatic heterocycles. The van der Waals surface area contributed by atoms with Gasteiger partial charge in [0.05, 0.1) is 10.5 Å². The summed E-state index contributed by atoms with van der Waals surface area (Å²) in [6.07, 6.45) is 0. The predicted octanol–water partition coefficient (Wildman–Crippen LogP) is 3.60. The van der Waals surface area contributed by atoms with Gasteiger partial charge in [0.25, 0.3) is 11.6 Å². The van der Waals surface area contributed by atoms with Crippen LogP contribution in [0.25, 0.3) is 0 Å². The number of hydrogen-bond donors (Lipinski definition) is 1. The number of amides is 1. The highest BCUT2D eigenvalue weighted by Crippen LogP contribution is 2.22. The number of nitro groups is 1. The number of carbonyl (C=O) groups excluding carboxylic acids is 1. The number of nitro benzene ring substituents is 1. The maximum atomic E-state index is 13.9. The summed E-state index contributed by atoms with van der Waals surface area (Å²) >= 11 is 0. The highest BCUT2D eigenvalue weighted by Gasteiger charge is 2.15. The molecule has 2 aromatic rings. The van der Waals surface area contributed by atoms with Crippen molar-refractivity contribution in [1.29, 1.82) is 0 Å². The van der Waals surface area contributed by atoms with Crippen LogP contribution in [0.4, 0.5) is 15.8 Å². The summed E-state index contributed by atoms with van der Waals surface area (Å²) in [6, 6.07) is 8.74. The zero-order valence-corrected chi connectivity index (χ0v) is 11.5. The Balaban J connectivity index is 2.26. The Hall–Kier alpha value is -2.76. The molecule has 0 bridgehead atoms. The van der Waals surface area contributed by atoms with Crippen molar-refractivity contribution in [2.45, 2.75) is 13.8 Å². The fourth-order valence-corrected chi connectivity index (χ4v) is 1.96. The van der Waals surface area contributed by atoms with Gasteiger partial charge in [-0.1, -0.05) is 12.1 Å². The van der Waals surface area contributed by atoms with Gasteiger partial charge in [-0.2, -0.15) is 0 Å². The second-order valence-corrected chi connectivity index (χ2v) is 4.65. The fraction of sp³-hybridized carbons (Fsp3) is 0.133. The minimum absolute atomic E-state index is 0.0327. The van der Waals surface area contributed by atoms with Crippen molar-refractivity contribution in [2.75, 3.05) is 5.32 Å². The number of aryl methyl sites for hydroxylation is 2. The van der Waals surface area contributed by atoms with Crippen LogP contribution in [0.1, 0.15) is 21.5 Å². The maximum absolute atomic E-state index is 13.9. The highest BCUT2D eigenvalue weighted by atomic mass is 19.1. The molecule has 6 heteroatoms. The normalized spacial score (nSPS) is 10.2. The molecule has 0 fully saturated rings. The van der Waals surface area contributed by atoms with Gasteiger partial charge in [0.2, 0.25) is 0 Å². The van der Waals surface area contributed by atoms with E-state index in [0.717, 1.165) is 0 Å². The minimum atomic E-state index is -0.593. The minimum Gasteiger partial charge on any atom is -0.322 e. The Labute approximate surface area is 120 Å². The Morgan fingerprint density at radius 3 is 2.52 bits per heavy atom. The molecule has 5 nitrogen and oxygen atoms in total. The summed E-state index contributed by atoms with van der Waals surface area (Å²) < 4.78 is 13.9. The van der Waals surface area contributed by atoms with Gasteiger partial charge >= 0.3 is 0 Å². The van der Waals surface area contributed by atoms with Crippen LogP contribution in [0.3, 0.4) is 0 Å². The summed E-state index contributed by atoms with van der Waals surface area (Å²) in [5.41, 5.74) is 1.08. The van der Waals surface area contributed by atoms with Crippen LogP contribution in [0.15, 0.2) is 36.4 Å². The molecule has 2 rings (SSSR count). The van der Waals surface area contributed by atoms with Crippen LogP contribution < -0.4 is 5.32 Å². The van der Waals surface area contributed by atoms with Crippen molar-refractivity contribution < 1.29 is 14.1 Å². The zero-order valence-electron chi connectivity index (χ0n) is 11.5. The molecule has 0 unspecified atom stereocenters.